The van der Waals surface area contributed by atoms with E-state index in [-0.39, 0.29) is 21.6 Å². The second-order valence-electron chi connectivity index (χ2n) is 4.97. The Morgan fingerprint density at radius 2 is 2.08 bits per heavy atom. The number of nitrogens with zero attached hydrogens (tertiary/aromatic N) is 3. The minimum atomic E-state index is -0.729. The van der Waals surface area contributed by atoms with Crippen molar-refractivity contribution in [3.05, 3.63) is 53.3 Å². The Morgan fingerprint density at radius 1 is 1.35 bits per heavy atom. The summed E-state index contributed by atoms with van der Waals surface area (Å²) in [5.41, 5.74) is 5.84. The number of hydrogen-bond acceptors (Lipinski definition) is 7. The number of benzene rings is 1. The predicted molar refractivity (Wildman–Crippen MR) is 95.8 cm³/mol. The Morgan fingerprint density at radius 3 is 2.73 bits per heavy atom. The fourth-order valence-electron chi connectivity index (χ4n) is 2.16. The van der Waals surface area contributed by atoms with Gasteiger partial charge in [-0.2, -0.15) is 0 Å². The van der Waals surface area contributed by atoms with Gasteiger partial charge in [0.05, 0.1) is 24.0 Å². The van der Waals surface area contributed by atoms with Crippen molar-refractivity contribution in [2.24, 2.45) is 10.7 Å². The van der Waals surface area contributed by atoms with Crippen LogP contribution in [0.3, 0.4) is 0 Å². The lowest BCUT2D eigenvalue weighted by Gasteiger charge is -2.15. The molecule has 3 rings (SSSR count). The zero-order valence-electron chi connectivity index (χ0n) is 13.5. The Labute approximate surface area is 151 Å². The number of para-hydroxylation sites is 1. The van der Waals surface area contributed by atoms with Crippen molar-refractivity contribution in [2.75, 3.05) is 12.0 Å². The van der Waals surface area contributed by atoms with Crippen LogP contribution in [0.15, 0.2) is 52.6 Å². The molecule has 26 heavy (non-hydrogen) atoms. The number of methoxy groups -OCH3 is 1. The van der Waals surface area contributed by atoms with E-state index in [0.717, 1.165) is 17.8 Å². The topological polar surface area (TPSA) is 131 Å². The SMILES string of the molecule is COC(=O)/C=C1\S/C(=N\c2nc[nH]c2C(N)=O)N(c2ccccc2)C1=O. The van der Waals surface area contributed by atoms with Crippen LogP contribution in [0.25, 0.3) is 0 Å². The van der Waals surface area contributed by atoms with Crippen LogP contribution in [0.2, 0.25) is 0 Å². The van der Waals surface area contributed by atoms with E-state index in [2.05, 4.69) is 19.7 Å². The van der Waals surface area contributed by atoms with Gasteiger partial charge in [0, 0.05) is 6.08 Å². The lowest BCUT2D eigenvalue weighted by atomic mass is 10.3. The molecule has 0 atom stereocenters. The standard InChI is InChI=1S/C16H13N5O4S/c1-25-11(22)7-10-15(24)21(9-5-3-2-4-6-9)16(26-10)20-14-12(13(17)23)18-8-19-14/h2-8H,1H3,(H2,17,23)(H,18,19)/b10-7-,20-16-. The number of thioether (sulfide) groups is 1. The normalized spacial score (nSPS) is 17.1. The summed E-state index contributed by atoms with van der Waals surface area (Å²) in [6, 6.07) is 8.76. The molecule has 2 amide bonds. The number of aliphatic imine (C=N–C) groups is 1. The van der Waals surface area contributed by atoms with E-state index in [1.807, 2.05) is 0 Å². The molecule has 0 saturated carbocycles. The van der Waals surface area contributed by atoms with Crippen LogP contribution in [-0.4, -0.2) is 40.0 Å². The number of carbonyl (C=O) groups excluding carboxylic acids is 3. The molecule has 0 aliphatic carbocycles. The number of carbonyl (C=O) groups is 3. The number of anilines is 1. The molecular weight excluding hydrogens is 358 g/mol. The molecule has 1 saturated heterocycles. The molecule has 10 heteroatoms. The molecular formula is C16H13N5O4S. The van der Waals surface area contributed by atoms with E-state index >= 15 is 0 Å². The van der Waals surface area contributed by atoms with E-state index in [1.54, 1.807) is 30.3 Å². The van der Waals surface area contributed by atoms with Crippen molar-refractivity contribution in [1.29, 1.82) is 0 Å². The molecule has 0 unspecified atom stereocenters. The summed E-state index contributed by atoms with van der Waals surface area (Å²) in [6.45, 7) is 0. The molecule has 1 fully saturated rings. The smallest absolute Gasteiger partial charge is 0.331 e. The number of H-pyrrole nitrogens is 1. The molecule has 1 aliphatic heterocycles. The van der Waals surface area contributed by atoms with Crippen LogP contribution in [0.4, 0.5) is 11.5 Å². The first-order valence-electron chi connectivity index (χ1n) is 7.30. The summed E-state index contributed by atoms with van der Waals surface area (Å²) in [5.74, 6) is -1.78. The van der Waals surface area contributed by atoms with E-state index in [1.165, 1.54) is 18.3 Å². The Hall–Kier alpha value is -3.40. The number of primary amides is 1. The number of esters is 1. The molecule has 0 spiro atoms. The second kappa shape index (κ2) is 7.23. The number of aromatic amines is 1. The number of amidine groups is 1. The highest BCUT2D eigenvalue weighted by Gasteiger charge is 2.35. The van der Waals surface area contributed by atoms with E-state index in [9.17, 15) is 14.4 Å². The van der Waals surface area contributed by atoms with Crippen LogP contribution >= 0.6 is 11.8 Å². The van der Waals surface area contributed by atoms with Gasteiger partial charge in [0.2, 0.25) is 0 Å². The van der Waals surface area contributed by atoms with Gasteiger partial charge in [0.25, 0.3) is 11.8 Å². The maximum atomic E-state index is 12.7. The molecule has 132 valence electrons. The number of ether oxygens (including phenoxy) is 1. The largest absolute Gasteiger partial charge is 0.466 e. The lowest BCUT2D eigenvalue weighted by molar-refractivity contribution is -0.135. The first-order valence-corrected chi connectivity index (χ1v) is 8.11. The van der Waals surface area contributed by atoms with Gasteiger partial charge in [-0.3, -0.25) is 14.5 Å². The maximum Gasteiger partial charge on any atom is 0.331 e. The van der Waals surface area contributed by atoms with Crippen LogP contribution in [0, 0.1) is 0 Å². The highest BCUT2D eigenvalue weighted by molar-refractivity contribution is 8.19. The Kier molecular flexibility index (Phi) is 4.85. The molecule has 9 nitrogen and oxygen atoms in total. The summed E-state index contributed by atoms with van der Waals surface area (Å²) >= 11 is 0.965. The third-order valence-corrected chi connectivity index (χ3v) is 4.31. The van der Waals surface area contributed by atoms with Gasteiger partial charge >= 0.3 is 5.97 Å². The average molecular weight is 371 g/mol. The monoisotopic (exact) mass is 371 g/mol. The fourth-order valence-corrected chi connectivity index (χ4v) is 3.11. The molecule has 2 aromatic rings. The van der Waals surface area contributed by atoms with Crippen molar-refractivity contribution in [1.82, 2.24) is 9.97 Å². The average Bonchev–Trinajstić information content (AvgIpc) is 3.21. The zero-order chi connectivity index (χ0) is 18.7. The number of aromatic nitrogens is 2. The number of nitrogens with one attached hydrogen (secondary N) is 1. The summed E-state index contributed by atoms with van der Waals surface area (Å²) in [7, 11) is 1.22. The second-order valence-corrected chi connectivity index (χ2v) is 5.98. The van der Waals surface area contributed by atoms with Crippen LogP contribution in [0.5, 0.6) is 0 Å². The van der Waals surface area contributed by atoms with Gasteiger partial charge in [-0.25, -0.2) is 14.8 Å². The van der Waals surface area contributed by atoms with Gasteiger partial charge < -0.3 is 15.5 Å². The highest BCUT2D eigenvalue weighted by Crippen LogP contribution is 2.36. The van der Waals surface area contributed by atoms with Gasteiger partial charge in [-0.15, -0.1) is 0 Å². The lowest BCUT2D eigenvalue weighted by Crippen LogP contribution is -2.28. The van der Waals surface area contributed by atoms with Crippen molar-refractivity contribution >= 4 is 46.2 Å². The number of amides is 2. The number of hydrogen-bond donors (Lipinski definition) is 2. The van der Waals surface area contributed by atoms with Gasteiger partial charge in [-0.1, -0.05) is 18.2 Å². The molecule has 1 aromatic carbocycles. The zero-order valence-corrected chi connectivity index (χ0v) is 14.3. The summed E-state index contributed by atoms with van der Waals surface area (Å²) in [4.78, 5) is 48.0. The summed E-state index contributed by atoms with van der Waals surface area (Å²) < 4.78 is 4.58. The van der Waals surface area contributed by atoms with Crippen molar-refractivity contribution < 1.29 is 19.1 Å². The Bertz CT molecular complexity index is 935. The van der Waals surface area contributed by atoms with Gasteiger partial charge in [0.15, 0.2) is 16.7 Å². The quantitative estimate of drug-likeness (QED) is 0.616. The first kappa shape index (κ1) is 17.4. The van der Waals surface area contributed by atoms with Crippen molar-refractivity contribution in [2.45, 2.75) is 0 Å². The fraction of sp³-hybridized carbons (Fsp3) is 0.0625. The van der Waals surface area contributed by atoms with Gasteiger partial charge in [-0.05, 0) is 23.9 Å². The third kappa shape index (κ3) is 3.35. The first-order chi connectivity index (χ1) is 12.5. The minimum Gasteiger partial charge on any atom is -0.466 e. The Balaban J connectivity index is 2.08. The van der Waals surface area contributed by atoms with E-state index in [4.69, 9.17) is 5.73 Å². The molecule has 3 N–H and O–H groups in total. The highest BCUT2D eigenvalue weighted by atomic mass is 32.2. The maximum absolute atomic E-state index is 12.7. The van der Waals surface area contributed by atoms with Crippen molar-refractivity contribution in [3.8, 4) is 0 Å². The number of nitrogens with two attached hydrogens (primary N) is 1. The molecule has 1 aliphatic rings. The van der Waals surface area contributed by atoms with Crippen LogP contribution in [-0.2, 0) is 14.3 Å². The molecule has 0 radical (unpaired) electrons. The van der Waals surface area contributed by atoms with Gasteiger partial charge in [0.1, 0.15) is 0 Å². The molecule has 0 bridgehead atoms. The van der Waals surface area contributed by atoms with E-state index in [0.29, 0.717) is 5.69 Å². The van der Waals surface area contributed by atoms with Crippen LogP contribution in [0.1, 0.15) is 10.5 Å². The minimum absolute atomic E-state index is 0.0176. The number of rotatable bonds is 4. The molecule has 2 heterocycles. The van der Waals surface area contributed by atoms with Crippen molar-refractivity contribution in [3.63, 3.8) is 0 Å². The van der Waals surface area contributed by atoms with Crippen LogP contribution < -0.4 is 10.6 Å². The van der Waals surface area contributed by atoms with E-state index < -0.39 is 17.8 Å². The number of imidazole rings is 1. The predicted octanol–water partition coefficient (Wildman–Crippen LogP) is 1.33. The summed E-state index contributed by atoms with van der Waals surface area (Å²) in [5, 5.41) is 0.228. The summed E-state index contributed by atoms with van der Waals surface area (Å²) in [6.07, 6.45) is 2.37. The third-order valence-electron chi connectivity index (χ3n) is 3.34. The molecule has 1 aromatic heterocycles.